The lowest BCUT2D eigenvalue weighted by atomic mass is 10.1. The molecule has 0 saturated carbocycles. The van der Waals surface area contributed by atoms with Crippen molar-refractivity contribution in [3.05, 3.63) is 59.1 Å². The van der Waals surface area contributed by atoms with Gasteiger partial charge in [-0.3, -0.25) is 9.59 Å². The Morgan fingerprint density at radius 3 is 2.34 bits per heavy atom. The molecule has 1 heterocycles. The van der Waals surface area contributed by atoms with Crippen molar-refractivity contribution in [2.75, 3.05) is 18.4 Å². The fourth-order valence-electron chi connectivity index (χ4n) is 3.44. The molecule has 5 nitrogen and oxygen atoms in total. The Bertz CT molecular complexity index is 830. The minimum Gasteiger partial charge on any atom is -0.481 e. The van der Waals surface area contributed by atoms with E-state index in [1.165, 1.54) is 0 Å². The van der Waals surface area contributed by atoms with Crippen LogP contribution in [0, 0.1) is 0 Å². The molecule has 3 rings (SSSR count). The Balaban J connectivity index is 1.72. The molecule has 1 aliphatic rings. The number of nitrogens with zero attached hydrogens (tertiary/aromatic N) is 1. The first-order valence-electron chi connectivity index (χ1n) is 10.2. The summed E-state index contributed by atoms with van der Waals surface area (Å²) in [5, 5.41) is 3.50. The van der Waals surface area contributed by atoms with E-state index in [0.29, 0.717) is 28.4 Å². The lowest BCUT2D eigenvalue weighted by molar-refractivity contribution is -0.122. The third-order valence-corrected chi connectivity index (χ3v) is 5.32. The minimum atomic E-state index is -0.669. The number of carbonyl (C=O) groups is 2. The molecule has 1 aliphatic heterocycles. The van der Waals surface area contributed by atoms with Gasteiger partial charge in [0, 0.05) is 18.1 Å². The highest BCUT2D eigenvalue weighted by atomic mass is 35.5. The van der Waals surface area contributed by atoms with Gasteiger partial charge in [-0.1, -0.05) is 43.5 Å². The quantitative estimate of drug-likeness (QED) is 0.710. The Labute approximate surface area is 177 Å². The zero-order valence-corrected chi connectivity index (χ0v) is 17.5. The summed E-state index contributed by atoms with van der Waals surface area (Å²) in [6.07, 6.45) is 4.18. The third kappa shape index (κ3) is 5.73. The molecule has 2 amide bonds. The van der Waals surface area contributed by atoms with E-state index >= 15 is 0 Å². The molecule has 154 valence electrons. The zero-order chi connectivity index (χ0) is 20.6. The summed E-state index contributed by atoms with van der Waals surface area (Å²) in [5.41, 5.74) is 1.04. The summed E-state index contributed by atoms with van der Waals surface area (Å²) in [6.45, 7) is 3.41. The van der Waals surface area contributed by atoms with E-state index in [4.69, 9.17) is 16.3 Å². The van der Waals surface area contributed by atoms with E-state index in [0.717, 1.165) is 38.8 Å². The van der Waals surface area contributed by atoms with Gasteiger partial charge in [0.1, 0.15) is 5.75 Å². The highest BCUT2D eigenvalue weighted by molar-refractivity contribution is 6.30. The van der Waals surface area contributed by atoms with Gasteiger partial charge in [-0.2, -0.15) is 0 Å². The highest BCUT2D eigenvalue weighted by Gasteiger charge is 2.23. The number of amides is 2. The number of likely N-dealkylation sites (tertiary alicyclic amines) is 1. The molecule has 0 spiro atoms. The second-order valence-corrected chi connectivity index (χ2v) is 7.65. The topological polar surface area (TPSA) is 58.6 Å². The van der Waals surface area contributed by atoms with Crippen molar-refractivity contribution in [1.82, 2.24) is 4.90 Å². The van der Waals surface area contributed by atoms with Crippen LogP contribution in [0.15, 0.2) is 48.5 Å². The summed E-state index contributed by atoms with van der Waals surface area (Å²) in [5.74, 6) is 0.262. The zero-order valence-electron chi connectivity index (χ0n) is 16.7. The van der Waals surface area contributed by atoms with Gasteiger partial charge in [-0.15, -0.1) is 0 Å². The van der Waals surface area contributed by atoms with Gasteiger partial charge in [0.15, 0.2) is 6.10 Å². The molecule has 0 aromatic heterocycles. The number of para-hydroxylation sites is 1. The fraction of sp³-hybridized carbons (Fsp3) is 0.391. The van der Waals surface area contributed by atoms with Crippen LogP contribution in [0.3, 0.4) is 0 Å². The van der Waals surface area contributed by atoms with E-state index in [1.54, 1.807) is 36.4 Å². The van der Waals surface area contributed by atoms with Crippen LogP contribution in [-0.2, 0) is 4.79 Å². The van der Waals surface area contributed by atoms with Crippen LogP contribution < -0.4 is 10.1 Å². The predicted molar refractivity (Wildman–Crippen MR) is 116 cm³/mol. The van der Waals surface area contributed by atoms with Crippen LogP contribution in [0.4, 0.5) is 5.69 Å². The Morgan fingerprint density at radius 2 is 1.69 bits per heavy atom. The van der Waals surface area contributed by atoms with Crippen molar-refractivity contribution in [1.29, 1.82) is 0 Å². The van der Waals surface area contributed by atoms with Crippen molar-refractivity contribution in [2.45, 2.75) is 45.1 Å². The summed E-state index contributed by atoms with van der Waals surface area (Å²) in [7, 11) is 0. The molecule has 1 atom stereocenters. The standard InChI is InChI=1S/C23H27ClN2O3/c1-2-21(29-18-13-11-17(24)12-14-18)22(27)25-20-10-6-5-9-19(20)23(28)26-15-7-3-4-8-16-26/h5-6,9-14,21H,2-4,7-8,15-16H2,1H3,(H,25,27)/t21-/m1/s1. The molecule has 0 radical (unpaired) electrons. The average Bonchev–Trinajstić information content (AvgIpc) is 3.03. The van der Waals surface area contributed by atoms with Gasteiger partial charge in [-0.25, -0.2) is 0 Å². The second kappa shape index (κ2) is 10.3. The summed E-state index contributed by atoms with van der Waals surface area (Å²) in [6, 6.07) is 14.1. The van der Waals surface area contributed by atoms with Crippen LogP contribution in [0.1, 0.15) is 49.4 Å². The predicted octanol–water partition coefficient (Wildman–Crippen LogP) is 5.15. The molecule has 29 heavy (non-hydrogen) atoms. The first-order valence-corrected chi connectivity index (χ1v) is 10.6. The molecule has 1 N–H and O–H groups in total. The van der Waals surface area contributed by atoms with Crippen LogP contribution in [-0.4, -0.2) is 35.9 Å². The van der Waals surface area contributed by atoms with Gasteiger partial charge in [-0.05, 0) is 55.7 Å². The molecule has 0 bridgehead atoms. The minimum absolute atomic E-state index is 0.0329. The third-order valence-electron chi connectivity index (χ3n) is 5.06. The summed E-state index contributed by atoms with van der Waals surface area (Å²) in [4.78, 5) is 27.8. The maximum Gasteiger partial charge on any atom is 0.265 e. The second-order valence-electron chi connectivity index (χ2n) is 7.21. The highest BCUT2D eigenvalue weighted by Crippen LogP contribution is 2.22. The first kappa shape index (κ1) is 21.2. The van der Waals surface area contributed by atoms with E-state index in [-0.39, 0.29) is 11.8 Å². The lowest BCUT2D eigenvalue weighted by Crippen LogP contribution is -2.35. The number of rotatable bonds is 6. The van der Waals surface area contributed by atoms with Gasteiger partial charge in [0.2, 0.25) is 0 Å². The fourth-order valence-corrected chi connectivity index (χ4v) is 3.56. The SMILES string of the molecule is CC[C@@H](Oc1ccc(Cl)cc1)C(=O)Nc1ccccc1C(=O)N1CCCCCC1. The monoisotopic (exact) mass is 414 g/mol. The first-order chi connectivity index (χ1) is 14.1. The number of halogens is 1. The van der Waals surface area contributed by atoms with E-state index < -0.39 is 6.10 Å². The maximum absolute atomic E-state index is 13.0. The van der Waals surface area contributed by atoms with Gasteiger partial charge in [0.25, 0.3) is 11.8 Å². The van der Waals surface area contributed by atoms with Crippen molar-refractivity contribution >= 4 is 29.1 Å². The molecule has 6 heteroatoms. The number of ether oxygens (including phenoxy) is 1. The van der Waals surface area contributed by atoms with Crippen LogP contribution in [0.2, 0.25) is 5.02 Å². The summed E-state index contributed by atoms with van der Waals surface area (Å²) >= 11 is 5.90. The molecule has 1 fully saturated rings. The summed E-state index contributed by atoms with van der Waals surface area (Å²) < 4.78 is 5.82. The molecular formula is C23H27ClN2O3. The molecule has 2 aromatic carbocycles. The van der Waals surface area contributed by atoms with E-state index in [9.17, 15) is 9.59 Å². The van der Waals surface area contributed by atoms with Crippen molar-refractivity contribution in [2.24, 2.45) is 0 Å². The van der Waals surface area contributed by atoms with Crippen molar-refractivity contribution in [3.8, 4) is 5.75 Å². The smallest absolute Gasteiger partial charge is 0.265 e. The van der Waals surface area contributed by atoms with E-state index in [2.05, 4.69) is 5.32 Å². The van der Waals surface area contributed by atoms with Crippen molar-refractivity contribution < 1.29 is 14.3 Å². The lowest BCUT2D eigenvalue weighted by Gasteiger charge is -2.23. The maximum atomic E-state index is 13.0. The number of nitrogens with one attached hydrogen (secondary N) is 1. The molecule has 0 unspecified atom stereocenters. The number of carbonyl (C=O) groups excluding carboxylic acids is 2. The number of hydrogen-bond donors (Lipinski definition) is 1. The van der Waals surface area contributed by atoms with Crippen LogP contribution in [0.5, 0.6) is 5.75 Å². The van der Waals surface area contributed by atoms with Gasteiger partial charge < -0.3 is 15.0 Å². The normalized spacial score (nSPS) is 15.3. The van der Waals surface area contributed by atoms with Crippen LogP contribution >= 0.6 is 11.6 Å². The largest absolute Gasteiger partial charge is 0.481 e. The Morgan fingerprint density at radius 1 is 1.03 bits per heavy atom. The molecular weight excluding hydrogens is 388 g/mol. The van der Waals surface area contributed by atoms with Gasteiger partial charge >= 0.3 is 0 Å². The molecule has 2 aromatic rings. The van der Waals surface area contributed by atoms with E-state index in [1.807, 2.05) is 24.0 Å². The van der Waals surface area contributed by atoms with Crippen LogP contribution in [0.25, 0.3) is 0 Å². The van der Waals surface area contributed by atoms with Gasteiger partial charge in [0.05, 0.1) is 11.3 Å². The number of benzene rings is 2. The average molecular weight is 415 g/mol. The number of anilines is 1. The number of hydrogen-bond acceptors (Lipinski definition) is 3. The van der Waals surface area contributed by atoms with Crippen molar-refractivity contribution in [3.63, 3.8) is 0 Å². The molecule has 1 saturated heterocycles. The Kier molecular flexibility index (Phi) is 7.53. The Hall–Kier alpha value is -2.53. The molecule has 0 aliphatic carbocycles.